The molecule has 1 fully saturated rings. The highest BCUT2D eigenvalue weighted by Crippen LogP contribution is 2.27. The molecule has 0 atom stereocenters. The molecule has 1 aromatic heterocycles. The minimum Gasteiger partial charge on any atom is -0.388 e. The van der Waals surface area contributed by atoms with Gasteiger partial charge in [0.1, 0.15) is 5.15 Å². The van der Waals surface area contributed by atoms with Crippen LogP contribution in [0.3, 0.4) is 0 Å². The monoisotopic (exact) mass is 285 g/mol. The number of aliphatic hydroxyl groups is 1. The quantitative estimate of drug-likeness (QED) is 0.890. The van der Waals surface area contributed by atoms with E-state index < -0.39 is 5.60 Å². The van der Waals surface area contributed by atoms with E-state index in [9.17, 15) is 9.90 Å². The van der Waals surface area contributed by atoms with Crippen molar-refractivity contribution < 1.29 is 9.90 Å². The number of aromatic nitrogens is 2. The summed E-state index contributed by atoms with van der Waals surface area (Å²) in [6.07, 6.45) is 4.67. The van der Waals surface area contributed by atoms with Crippen molar-refractivity contribution in [2.45, 2.75) is 44.6 Å². The van der Waals surface area contributed by atoms with Gasteiger partial charge < -0.3 is 10.4 Å². The third-order valence-corrected chi connectivity index (χ3v) is 4.18. The molecule has 19 heavy (non-hydrogen) atoms. The fourth-order valence-corrected chi connectivity index (χ4v) is 2.87. The number of nitrogens with one attached hydrogen (secondary N) is 1. The zero-order valence-corrected chi connectivity index (χ0v) is 12.1. The first kappa shape index (κ1) is 14.3. The zero-order chi connectivity index (χ0) is 14.0. The van der Waals surface area contributed by atoms with Gasteiger partial charge in [-0.2, -0.15) is 5.10 Å². The molecule has 0 spiro atoms. The third kappa shape index (κ3) is 3.09. The lowest BCUT2D eigenvalue weighted by atomic mass is 9.85. The minimum atomic E-state index is -0.767. The first-order chi connectivity index (χ1) is 8.93. The molecule has 0 aliphatic heterocycles. The molecule has 1 aliphatic rings. The van der Waals surface area contributed by atoms with Gasteiger partial charge in [-0.1, -0.05) is 30.9 Å². The second-order valence-corrected chi connectivity index (χ2v) is 5.70. The van der Waals surface area contributed by atoms with Gasteiger partial charge in [-0.15, -0.1) is 0 Å². The Hall–Kier alpha value is -1.07. The fourth-order valence-electron chi connectivity index (χ4n) is 2.61. The molecular weight excluding hydrogens is 266 g/mol. The molecule has 1 saturated carbocycles. The van der Waals surface area contributed by atoms with E-state index in [1.807, 2.05) is 0 Å². The van der Waals surface area contributed by atoms with Crippen LogP contribution in [0.15, 0.2) is 0 Å². The van der Waals surface area contributed by atoms with Crippen LogP contribution in [-0.4, -0.2) is 32.9 Å². The maximum absolute atomic E-state index is 12.1. The molecule has 1 aliphatic carbocycles. The highest BCUT2D eigenvalue weighted by atomic mass is 35.5. The van der Waals surface area contributed by atoms with Crippen molar-refractivity contribution >= 4 is 17.5 Å². The molecule has 0 saturated heterocycles. The standard InChI is InChI=1S/C13H20ClN3O2/c1-9-10(11(14)17(2)16-9)12(18)15-8-13(19)6-4-3-5-7-13/h19H,3-8H2,1-2H3,(H,15,18). The Morgan fingerprint density at radius 3 is 2.63 bits per heavy atom. The van der Waals surface area contributed by atoms with Crippen molar-refractivity contribution in [3.8, 4) is 0 Å². The second-order valence-electron chi connectivity index (χ2n) is 5.34. The summed E-state index contributed by atoms with van der Waals surface area (Å²) in [5.41, 5.74) is 0.223. The highest BCUT2D eigenvalue weighted by molar-refractivity contribution is 6.33. The average Bonchev–Trinajstić information content (AvgIpc) is 2.62. The molecule has 1 amide bonds. The maximum atomic E-state index is 12.1. The Morgan fingerprint density at radius 2 is 2.11 bits per heavy atom. The molecular formula is C13H20ClN3O2. The summed E-state index contributed by atoms with van der Waals surface area (Å²) in [5, 5.41) is 17.5. The van der Waals surface area contributed by atoms with Gasteiger partial charge in [-0.05, 0) is 19.8 Å². The summed E-state index contributed by atoms with van der Waals surface area (Å²) in [4.78, 5) is 12.1. The van der Waals surface area contributed by atoms with Gasteiger partial charge in [0.25, 0.3) is 5.91 Å². The Bertz CT molecular complexity index is 478. The normalized spacial score (nSPS) is 18.3. The van der Waals surface area contributed by atoms with Crippen LogP contribution in [0.4, 0.5) is 0 Å². The van der Waals surface area contributed by atoms with Crippen molar-refractivity contribution in [3.63, 3.8) is 0 Å². The van der Waals surface area contributed by atoms with Crippen LogP contribution in [0.25, 0.3) is 0 Å². The first-order valence-corrected chi connectivity index (χ1v) is 7.00. The van der Waals surface area contributed by atoms with Gasteiger partial charge in [0, 0.05) is 13.6 Å². The van der Waals surface area contributed by atoms with Crippen molar-refractivity contribution in [2.24, 2.45) is 7.05 Å². The Labute approximate surface area is 117 Å². The van der Waals surface area contributed by atoms with Crippen molar-refractivity contribution in [2.75, 3.05) is 6.54 Å². The molecule has 6 heteroatoms. The molecule has 1 heterocycles. The van der Waals surface area contributed by atoms with E-state index in [0.29, 0.717) is 16.4 Å². The number of aryl methyl sites for hydroxylation is 2. The van der Waals surface area contributed by atoms with Crippen molar-refractivity contribution in [3.05, 3.63) is 16.4 Å². The average molecular weight is 286 g/mol. The van der Waals surface area contributed by atoms with Crippen LogP contribution in [0, 0.1) is 6.92 Å². The van der Waals surface area contributed by atoms with E-state index in [4.69, 9.17) is 11.6 Å². The number of carbonyl (C=O) groups excluding carboxylic acids is 1. The minimum absolute atomic E-state index is 0.269. The molecule has 5 nitrogen and oxygen atoms in total. The molecule has 0 aromatic carbocycles. The number of carbonyl (C=O) groups is 1. The number of hydrogen-bond acceptors (Lipinski definition) is 3. The fraction of sp³-hybridized carbons (Fsp3) is 0.692. The van der Waals surface area contributed by atoms with Crippen LogP contribution >= 0.6 is 11.6 Å². The van der Waals surface area contributed by atoms with E-state index in [1.54, 1.807) is 14.0 Å². The molecule has 106 valence electrons. The summed E-state index contributed by atoms with van der Waals surface area (Å²) in [5.74, 6) is -0.269. The summed E-state index contributed by atoms with van der Waals surface area (Å²) < 4.78 is 1.47. The Morgan fingerprint density at radius 1 is 1.47 bits per heavy atom. The van der Waals surface area contributed by atoms with Crippen LogP contribution in [0.5, 0.6) is 0 Å². The second kappa shape index (κ2) is 5.51. The summed E-state index contributed by atoms with van der Waals surface area (Å²) in [7, 11) is 1.70. The number of rotatable bonds is 3. The predicted molar refractivity (Wildman–Crippen MR) is 73.3 cm³/mol. The van der Waals surface area contributed by atoms with Crippen LogP contribution in [0.2, 0.25) is 5.15 Å². The SMILES string of the molecule is Cc1nn(C)c(Cl)c1C(=O)NCC1(O)CCCCC1. The third-order valence-electron chi connectivity index (χ3n) is 3.74. The Kier molecular flexibility index (Phi) is 4.16. The predicted octanol–water partition coefficient (Wildman–Crippen LogP) is 1.81. The van der Waals surface area contributed by atoms with Gasteiger partial charge in [0.05, 0.1) is 16.9 Å². The number of nitrogens with zero attached hydrogens (tertiary/aromatic N) is 2. The summed E-state index contributed by atoms with van der Waals surface area (Å²) in [6, 6.07) is 0. The molecule has 1 aromatic rings. The lowest BCUT2D eigenvalue weighted by molar-refractivity contribution is 0.00525. The highest BCUT2D eigenvalue weighted by Gasteiger charge is 2.30. The number of halogens is 1. The number of hydrogen-bond donors (Lipinski definition) is 2. The summed E-state index contributed by atoms with van der Waals surface area (Å²) >= 11 is 6.04. The van der Waals surface area contributed by atoms with E-state index >= 15 is 0 Å². The van der Waals surface area contributed by atoms with Crippen LogP contribution < -0.4 is 5.32 Å². The van der Waals surface area contributed by atoms with Crippen molar-refractivity contribution in [1.82, 2.24) is 15.1 Å². The maximum Gasteiger partial charge on any atom is 0.256 e. The Balaban J connectivity index is 2.01. The largest absolute Gasteiger partial charge is 0.388 e. The van der Waals surface area contributed by atoms with E-state index in [2.05, 4.69) is 10.4 Å². The van der Waals surface area contributed by atoms with Crippen LogP contribution in [-0.2, 0) is 7.05 Å². The molecule has 0 radical (unpaired) electrons. The lowest BCUT2D eigenvalue weighted by Crippen LogP contribution is -2.44. The van der Waals surface area contributed by atoms with Gasteiger partial charge in [0.2, 0.25) is 0 Å². The van der Waals surface area contributed by atoms with Crippen molar-refractivity contribution in [1.29, 1.82) is 0 Å². The van der Waals surface area contributed by atoms with Gasteiger partial charge in [-0.25, -0.2) is 0 Å². The molecule has 0 unspecified atom stereocenters. The number of amides is 1. The van der Waals surface area contributed by atoms with Gasteiger partial charge in [-0.3, -0.25) is 9.48 Å². The zero-order valence-electron chi connectivity index (χ0n) is 11.4. The topological polar surface area (TPSA) is 67.2 Å². The van der Waals surface area contributed by atoms with E-state index in [1.165, 1.54) is 4.68 Å². The van der Waals surface area contributed by atoms with E-state index in [-0.39, 0.29) is 12.5 Å². The van der Waals surface area contributed by atoms with Gasteiger partial charge >= 0.3 is 0 Å². The van der Waals surface area contributed by atoms with Crippen LogP contribution in [0.1, 0.15) is 48.2 Å². The molecule has 2 N–H and O–H groups in total. The smallest absolute Gasteiger partial charge is 0.256 e. The first-order valence-electron chi connectivity index (χ1n) is 6.63. The van der Waals surface area contributed by atoms with E-state index in [0.717, 1.165) is 32.1 Å². The molecule has 2 rings (SSSR count). The molecule has 0 bridgehead atoms. The summed E-state index contributed by atoms with van der Waals surface area (Å²) in [6.45, 7) is 2.02. The lowest BCUT2D eigenvalue weighted by Gasteiger charge is -2.32. The van der Waals surface area contributed by atoms with Gasteiger partial charge in [0.15, 0.2) is 0 Å².